The molecule has 4 nitrogen and oxygen atoms in total. The number of anilines is 1. The number of hydrogen-bond donors (Lipinski definition) is 1. The van der Waals surface area contributed by atoms with Crippen LogP contribution in [0, 0.1) is 0 Å². The zero-order valence-corrected chi connectivity index (χ0v) is 11.9. The zero-order chi connectivity index (χ0) is 13.1. The van der Waals surface area contributed by atoms with Gasteiger partial charge >= 0.3 is 0 Å². The molecule has 2 heterocycles. The fraction of sp³-hybridized carbons (Fsp3) is 0.714. The quantitative estimate of drug-likeness (QED) is 0.889. The second-order valence-corrected chi connectivity index (χ2v) is 5.56. The minimum absolute atomic E-state index is 0.380. The monoisotopic (exact) mass is 248 g/mol. The van der Waals surface area contributed by atoms with E-state index in [9.17, 15) is 0 Å². The molecule has 1 saturated heterocycles. The van der Waals surface area contributed by atoms with Crippen LogP contribution in [0.2, 0.25) is 0 Å². The molecule has 0 aliphatic carbocycles. The van der Waals surface area contributed by atoms with Crippen molar-refractivity contribution < 1.29 is 0 Å². The summed E-state index contributed by atoms with van der Waals surface area (Å²) < 4.78 is 0. The summed E-state index contributed by atoms with van der Waals surface area (Å²) in [7, 11) is 0. The first-order chi connectivity index (χ1) is 8.58. The van der Waals surface area contributed by atoms with Gasteiger partial charge < -0.3 is 10.2 Å². The smallest absolute Gasteiger partial charge is 0.133 e. The summed E-state index contributed by atoms with van der Waals surface area (Å²) >= 11 is 0. The van der Waals surface area contributed by atoms with Gasteiger partial charge in [-0.25, -0.2) is 9.97 Å². The van der Waals surface area contributed by atoms with Crippen LogP contribution in [-0.4, -0.2) is 36.1 Å². The van der Waals surface area contributed by atoms with Crippen LogP contribution in [0.1, 0.15) is 51.0 Å². The van der Waals surface area contributed by atoms with Gasteiger partial charge in [0.05, 0.1) is 0 Å². The summed E-state index contributed by atoms with van der Waals surface area (Å²) in [6.07, 6.45) is 0. The molecule has 1 N–H and O–H groups in total. The molecule has 0 amide bonds. The standard InChI is InChI=1S/C14H24N4/c1-10(2)12-9-13(17-14(16-12)11(3)4)18-7-5-15-6-8-18/h9-11,15H,5-8H2,1-4H3. The van der Waals surface area contributed by atoms with Crippen LogP contribution in [0.4, 0.5) is 5.82 Å². The van der Waals surface area contributed by atoms with Crippen molar-refractivity contribution in [3.05, 3.63) is 17.6 Å². The maximum atomic E-state index is 4.73. The SMILES string of the molecule is CC(C)c1cc(N2CCNCC2)nc(C(C)C)n1. The lowest BCUT2D eigenvalue weighted by atomic mass is 10.1. The predicted octanol–water partition coefficient (Wildman–Crippen LogP) is 2.13. The molecule has 18 heavy (non-hydrogen) atoms. The van der Waals surface area contributed by atoms with Crippen molar-refractivity contribution in [2.45, 2.75) is 39.5 Å². The lowest BCUT2D eigenvalue weighted by molar-refractivity contribution is 0.581. The van der Waals surface area contributed by atoms with E-state index >= 15 is 0 Å². The van der Waals surface area contributed by atoms with E-state index in [-0.39, 0.29) is 0 Å². The number of piperazine rings is 1. The van der Waals surface area contributed by atoms with Gasteiger partial charge in [-0.1, -0.05) is 27.7 Å². The van der Waals surface area contributed by atoms with Crippen LogP contribution in [0.15, 0.2) is 6.07 Å². The molecule has 0 aromatic carbocycles. The Morgan fingerprint density at radius 2 is 1.72 bits per heavy atom. The summed E-state index contributed by atoms with van der Waals surface area (Å²) in [4.78, 5) is 11.8. The normalized spacial score (nSPS) is 16.7. The molecule has 1 aliphatic rings. The Bertz CT molecular complexity index is 369. The van der Waals surface area contributed by atoms with E-state index in [4.69, 9.17) is 4.98 Å². The van der Waals surface area contributed by atoms with Crippen molar-refractivity contribution in [2.75, 3.05) is 31.1 Å². The van der Waals surface area contributed by atoms with Crippen molar-refractivity contribution in [1.82, 2.24) is 15.3 Å². The highest BCUT2D eigenvalue weighted by molar-refractivity contribution is 5.41. The summed E-state index contributed by atoms with van der Waals surface area (Å²) in [5.74, 6) is 2.89. The average Bonchev–Trinajstić information content (AvgIpc) is 2.39. The third-order valence-corrected chi connectivity index (χ3v) is 3.30. The summed E-state index contributed by atoms with van der Waals surface area (Å²) in [5, 5.41) is 3.37. The highest BCUT2D eigenvalue weighted by Gasteiger charge is 2.16. The zero-order valence-electron chi connectivity index (χ0n) is 11.9. The van der Waals surface area contributed by atoms with Crippen LogP contribution in [-0.2, 0) is 0 Å². The Kier molecular flexibility index (Phi) is 4.17. The van der Waals surface area contributed by atoms with Gasteiger partial charge in [-0.05, 0) is 5.92 Å². The van der Waals surface area contributed by atoms with Crippen molar-refractivity contribution in [3.8, 4) is 0 Å². The average molecular weight is 248 g/mol. The van der Waals surface area contributed by atoms with E-state index in [2.05, 4.69) is 49.0 Å². The molecular formula is C14H24N4. The Morgan fingerprint density at radius 3 is 2.28 bits per heavy atom. The maximum Gasteiger partial charge on any atom is 0.133 e. The molecule has 1 aromatic rings. The van der Waals surface area contributed by atoms with Gasteiger partial charge in [-0.15, -0.1) is 0 Å². The van der Waals surface area contributed by atoms with Crippen LogP contribution in [0.25, 0.3) is 0 Å². The summed E-state index contributed by atoms with van der Waals surface area (Å²) in [6, 6.07) is 2.15. The highest BCUT2D eigenvalue weighted by atomic mass is 15.2. The molecule has 2 rings (SSSR count). The molecular weight excluding hydrogens is 224 g/mol. The van der Waals surface area contributed by atoms with Gasteiger partial charge in [0.1, 0.15) is 11.6 Å². The largest absolute Gasteiger partial charge is 0.354 e. The summed E-state index contributed by atoms with van der Waals surface area (Å²) in [5.41, 5.74) is 1.15. The first-order valence-corrected chi connectivity index (χ1v) is 6.92. The van der Waals surface area contributed by atoms with Gasteiger partial charge in [0.2, 0.25) is 0 Å². The lowest BCUT2D eigenvalue weighted by Gasteiger charge is -2.29. The number of hydrogen-bond acceptors (Lipinski definition) is 4. The van der Waals surface area contributed by atoms with Crippen LogP contribution in [0.3, 0.4) is 0 Å². The number of rotatable bonds is 3. The van der Waals surface area contributed by atoms with Crippen LogP contribution < -0.4 is 10.2 Å². The van der Waals surface area contributed by atoms with Crippen LogP contribution >= 0.6 is 0 Å². The van der Waals surface area contributed by atoms with Crippen molar-refractivity contribution in [3.63, 3.8) is 0 Å². The first kappa shape index (κ1) is 13.3. The van der Waals surface area contributed by atoms with Gasteiger partial charge in [0, 0.05) is 43.9 Å². The molecule has 0 unspecified atom stereocenters. The van der Waals surface area contributed by atoms with Crippen molar-refractivity contribution >= 4 is 5.82 Å². The molecule has 0 bridgehead atoms. The third-order valence-electron chi connectivity index (χ3n) is 3.30. The van der Waals surface area contributed by atoms with Crippen LogP contribution in [0.5, 0.6) is 0 Å². The van der Waals surface area contributed by atoms with E-state index in [1.54, 1.807) is 0 Å². The van der Waals surface area contributed by atoms with Crippen molar-refractivity contribution in [1.29, 1.82) is 0 Å². The molecule has 0 spiro atoms. The molecule has 0 atom stereocenters. The Labute approximate surface area is 110 Å². The molecule has 0 radical (unpaired) electrons. The van der Waals surface area contributed by atoms with E-state index in [1.165, 1.54) is 0 Å². The van der Waals surface area contributed by atoms with E-state index in [0.29, 0.717) is 11.8 Å². The maximum absolute atomic E-state index is 4.73. The Balaban J connectivity index is 2.32. The van der Waals surface area contributed by atoms with Gasteiger partial charge in [0.25, 0.3) is 0 Å². The minimum Gasteiger partial charge on any atom is -0.354 e. The number of aromatic nitrogens is 2. The lowest BCUT2D eigenvalue weighted by Crippen LogP contribution is -2.44. The molecule has 1 aromatic heterocycles. The minimum atomic E-state index is 0.380. The van der Waals surface area contributed by atoms with Gasteiger partial charge in [-0.3, -0.25) is 0 Å². The van der Waals surface area contributed by atoms with E-state index in [0.717, 1.165) is 43.5 Å². The van der Waals surface area contributed by atoms with Gasteiger partial charge in [0.15, 0.2) is 0 Å². The highest BCUT2D eigenvalue weighted by Crippen LogP contribution is 2.22. The fourth-order valence-corrected chi connectivity index (χ4v) is 2.08. The topological polar surface area (TPSA) is 41.0 Å². The van der Waals surface area contributed by atoms with E-state index in [1.807, 2.05) is 0 Å². The number of nitrogens with one attached hydrogen (secondary N) is 1. The molecule has 1 aliphatic heterocycles. The summed E-state index contributed by atoms with van der Waals surface area (Å²) in [6.45, 7) is 12.8. The first-order valence-electron chi connectivity index (χ1n) is 6.92. The number of nitrogens with zero attached hydrogens (tertiary/aromatic N) is 3. The Hall–Kier alpha value is -1.16. The fourth-order valence-electron chi connectivity index (χ4n) is 2.08. The second-order valence-electron chi connectivity index (χ2n) is 5.56. The molecule has 100 valence electrons. The Morgan fingerprint density at radius 1 is 1.06 bits per heavy atom. The molecule has 4 heteroatoms. The molecule has 0 saturated carbocycles. The predicted molar refractivity (Wildman–Crippen MR) is 75.3 cm³/mol. The molecule has 1 fully saturated rings. The van der Waals surface area contributed by atoms with Crippen molar-refractivity contribution in [2.24, 2.45) is 0 Å². The van der Waals surface area contributed by atoms with Gasteiger partial charge in [-0.2, -0.15) is 0 Å². The second kappa shape index (κ2) is 5.65. The van der Waals surface area contributed by atoms with E-state index < -0.39 is 0 Å². The third kappa shape index (κ3) is 2.99.